The fourth-order valence-electron chi connectivity index (χ4n) is 1.55. The van der Waals surface area contributed by atoms with Crippen molar-refractivity contribution in [3.05, 3.63) is 42.5 Å². The van der Waals surface area contributed by atoms with Crippen LogP contribution in [0.4, 0.5) is 0 Å². The molecule has 0 aliphatic carbocycles. The van der Waals surface area contributed by atoms with Gasteiger partial charge in [0.2, 0.25) is 0 Å². The van der Waals surface area contributed by atoms with Crippen LogP contribution in [0.25, 0.3) is 10.8 Å². The molecule has 2 aromatic rings. The summed E-state index contributed by atoms with van der Waals surface area (Å²) in [4.78, 5) is 0. The monoisotopic (exact) mass is 210 g/mol. The normalized spacial score (nSPS) is 9.56. The minimum atomic E-state index is 0.464. The molecule has 0 bridgehead atoms. The summed E-state index contributed by atoms with van der Waals surface area (Å²) in [6, 6.07) is 14.3. The molecule has 1 nitrogen and oxygen atoms in total. The van der Waals surface area contributed by atoms with E-state index in [-0.39, 0.29) is 0 Å². The van der Waals surface area contributed by atoms with Crippen LogP contribution in [0.1, 0.15) is 13.3 Å². The Balaban J connectivity index is 2.13. The zero-order chi connectivity index (χ0) is 11.2. The molecule has 0 N–H and O–H groups in total. The molecule has 0 amide bonds. The molecule has 0 heterocycles. The van der Waals surface area contributed by atoms with E-state index in [1.54, 1.807) is 0 Å². The molecule has 0 saturated heterocycles. The Morgan fingerprint density at radius 1 is 1.00 bits per heavy atom. The number of benzene rings is 2. The largest absolute Gasteiger partial charge is 0.481 e. The number of hydrogen-bond donors (Lipinski definition) is 0. The van der Waals surface area contributed by atoms with E-state index in [0.717, 1.165) is 12.2 Å². The van der Waals surface area contributed by atoms with Gasteiger partial charge in [0, 0.05) is 6.42 Å². The van der Waals surface area contributed by atoms with E-state index in [4.69, 9.17) is 4.74 Å². The van der Waals surface area contributed by atoms with E-state index in [9.17, 15) is 0 Å². The molecule has 0 aliphatic heterocycles. The van der Waals surface area contributed by atoms with Gasteiger partial charge in [-0.1, -0.05) is 43.2 Å². The molecule has 0 aliphatic rings. The third-order valence-corrected chi connectivity index (χ3v) is 2.33. The average Bonchev–Trinajstić information content (AvgIpc) is 2.34. The van der Waals surface area contributed by atoms with Gasteiger partial charge in [0.15, 0.2) is 0 Å². The van der Waals surface area contributed by atoms with E-state index < -0.39 is 0 Å². The van der Waals surface area contributed by atoms with E-state index >= 15 is 0 Å². The molecular formula is C15H14O. The SMILES string of the molecule is CCC#CCOc1ccc2ccccc2c1. The number of rotatable bonds is 2. The molecule has 2 aromatic carbocycles. The molecule has 16 heavy (non-hydrogen) atoms. The number of fused-ring (bicyclic) bond motifs is 1. The second-order valence-corrected chi connectivity index (χ2v) is 3.50. The van der Waals surface area contributed by atoms with Crippen LogP contribution in [0.3, 0.4) is 0 Å². The summed E-state index contributed by atoms with van der Waals surface area (Å²) >= 11 is 0. The van der Waals surface area contributed by atoms with Crippen molar-refractivity contribution in [2.75, 3.05) is 6.61 Å². The standard InChI is InChI=1S/C15H14O/c1-2-3-6-11-16-15-10-9-13-7-4-5-8-14(13)12-15/h4-5,7-10,12H,2,11H2,1H3. The number of ether oxygens (including phenoxy) is 1. The maximum Gasteiger partial charge on any atom is 0.149 e. The Bertz CT molecular complexity index is 532. The average molecular weight is 210 g/mol. The van der Waals surface area contributed by atoms with E-state index in [0.29, 0.717) is 6.61 Å². The summed E-state index contributed by atoms with van der Waals surface area (Å²) < 4.78 is 5.54. The lowest BCUT2D eigenvalue weighted by atomic mass is 10.1. The molecule has 80 valence electrons. The van der Waals surface area contributed by atoms with Crippen molar-refractivity contribution in [1.29, 1.82) is 0 Å². The van der Waals surface area contributed by atoms with Crippen LogP contribution < -0.4 is 4.74 Å². The van der Waals surface area contributed by atoms with Crippen LogP contribution in [-0.4, -0.2) is 6.61 Å². The van der Waals surface area contributed by atoms with Gasteiger partial charge in [0.25, 0.3) is 0 Å². The number of hydrogen-bond acceptors (Lipinski definition) is 1. The molecule has 2 rings (SSSR count). The molecule has 0 aromatic heterocycles. The first-order chi connectivity index (χ1) is 7.90. The Hall–Kier alpha value is -1.94. The summed E-state index contributed by atoms with van der Waals surface area (Å²) in [6.07, 6.45) is 0.876. The zero-order valence-electron chi connectivity index (χ0n) is 9.36. The predicted octanol–water partition coefficient (Wildman–Crippen LogP) is 3.63. The summed E-state index contributed by atoms with van der Waals surface area (Å²) in [5.74, 6) is 6.82. The van der Waals surface area contributed by atoms with Crippen molar-refractivity contribution in [2.24, 2.45) is 0 Å². The Labute approximate surface area is 96.1 Å². The quantitative estimate of drug-likeness (QED) is 0.688. The van der Waals surface area contributed by atoms with Crippen molar-refractivity contribution >= 4 is 10.8 Å². The third-order valence-electron chi connectivity index (χ3n) is 2.33. The summed E-state index contributed by atoms with van der Waals surface area (Å²) in [7, 11) is 0. The van der Waals surface area contributed by atoms with Gasteiger partial charge < -0.3 is 4.74 Å². The van der Waals surface area contributed by atoms with Crippen LogP contribution in [0.2, 0.25) is 0 Å². The maximum absolute atomic E-state index is 5.54. The Kier molecular flexibility index (Phi) is 3.46. The van der Waals surface area contributed by atoms with Crippen LogP contribution in [-0.2, 0) is 0 Å². The highest BCUT2D eigenvalue weighted by Crippen LogP contribution is 2.20. The van der Waals surface area contributed by atoms with Gasteiger partial charge in [-0.25, -0.2) is 0 Å². The molecule has 0 unspecified atom stereocenters. The van der Waals surface area contributed by atoms with Crippen molar-refractivity contribution in [3.8, 4) is 17.6 Å². The molecule has 0 radical (unpaired) electrons. The van der Waals surface area contributed by atoms with Gasteiger partial charge in [-0.05, 0) is 22.9 Å². The first-order valence-electron chi connectivity index (χ1n) is 5.47. The van der Waals surface area contributed by atoms with Gasteiger partial charge in [-0.3, -0.25) is 0 Å². The van der Waals surface area contributed by atoms with Gasteiger partial charge in [0.1, 0.15) is 12.4 Å². The minimum absolute atomic E-state index is 0.464. The van der Waals surface area contributed by atoms with Crippen molar-refractivity contribution in [2.45, 2.75) is 13.3 Å². The van der Waals surface area contributed by atoms with Gasteiger partial charge in [-0.15, -0.1) is 5.92 Å². The second-order valence-electron chi connectivity index (χ2n) is 3.50. The molecule has 0 saturated carbocycles. The van der Waals surface area contributed by atoms with Crippen LogP contribution >= 0.6 is 0 Å². The molecule has 0 atom stereocenters. The first kappa shape index (κ1) is 10.6. The van der Waals surface area contributed by atoms with E-state index in [1.807, 2.05) is 31.2 Å². The van der Waals surface area contributed by atoms with Crippen LogP contribution in [0.5, 0.6) is 5.75 Å². The smallest absolute Gasteiger partial charge is 0.149 e. The van der Waals surface area contributed by atoms with E-state index in [2.05, 4.69) is 30.0 Å². The Morgan fingerprint density at radius 2 is 1.81 bits per heavy atom. The van der Waals surface area contributed by atoms with Crippen molar-refractivity contribution < 1.29 is 4.74 Å². The second kappa shape index (κ2) is 5.23. The van der Waals surface area contributed by atoms with Gasteiger partial charge in [0.05, 0.1) is 0 Å². The summed E-state index contributed by atoms with van der Waals surface area (Å²) in [6.45, 7) is 2.50. The molecule has 1 heteroatoms. The summed E-state index contributed by atoms with van der Waals surface area (Å²) in [5.41, 5.74) is 0. The summed E-state index contributed by atoms with van der Waals surface area (Å²) in [5, 5.41) is 2.43. The predicted molar refractivity (Wildman–Crippen MR) is 67.5 cm³/mol. The van der Waals surface area contributed by atoms with E-state index in [1.165, 1.54) is 10.8 Å². The maximum atomic E-state index is 5.54. The lowest BCUT2D eigenvalue weighted by molar-refractivity contribution is 0.370. The highest BCUT2D eigenvalue weighted by atomic mass is 16.5. The van der Waals surface area contributed by atoms with Crippen LogP contribution in [0.15, 0.2) is 42.5 Å². The highest BCUT2D eigenvalue weighted by molar-refractivity contribution is 5.83. The first-order valence-corrected chi connectivity index (χ1v) is 5.47. The van der Waals surface area contributed by atoms with Crippen molar-refractivity contribution in [3.63, 3.8) is 0 Å². The highest BCUT2D eigenvalue weighted by Gasteiger charge is 1.95. The van der Waals surface area contributed by atoms with Gasteiger partial charge in [-0.2, -0.15) is 0 Å². The lowest BCUT2D eigenvalue weighted by Gasteiger charge is -2.03. The lowest BCUT2D eigenvalue weighted by Crippen LogP contribution is -1.93. The van der Waals surface area contributed by atoms with Crippen LogP contribution in [0, 0.1) is 11.8 Å². The van der Waals surface area contributed by atoms with Gasteiger partial charge >= 0.3 is 0 Å². The zero-order valence-corrected chi connectivity index (χ0v) is 9.36. The molecular weight excluding hydrogens is 196 g/mol. The Morgan fingerprint density at radius 3 is 2.62 bits per heavy atom. The fourth-order valence-corrected chi connectivity index (χ4v) is 1.55. The third kappa shape index (κ3) is 2.55. The topological polar surface area (TPSA) is 9.23 Å². The molecule has 0 spiro atoms. The molecule has 0 fully saturated rings. The fraction of sp³-hybridized carbons (Fsp3) is 0.200. The van der Waals surface area contributed by atoms with Crippen molar-refractivity contribution in [1.82, 2.24) is 0 Å². The minimum Gasteiger partial charge on any atom is -0.481 e.